The number of hydrogen-bond donors (Lipinski definition) is 4. The van der Waals surface area contributed by atoms with Gasteiger partial charge in [0, 0.05) is 24.2 Å². The van der Waals surface area contributed by atoms with Crippen LogP contribution in [0.2, 0.25) is 0 Å². The molecule has 1 aliphatic carbocycles. The van der Waals surface area contributed by atoms with Crippen LogP contribution >= 0.6 is 0 Å². The van der Waals surface area contributed by atoms with Crippen LogP contribution in [0, 0.1) is 0 Å². The Morgan fingerprint density at radius 1 is 1.02 bits per heavy atom. The van der Waals surface area contributed by atoms with Crippen molar-refractivity contribution in [3.63, 3.8) is 0 Å². The summed E-state index contributed by atoms with van der Waals surface area (Å²) in [4.78, 5) is 21.9. The van der Waals surface area contributed by atoms with Crippen LogP contribution in [-0.4, -0.2) is 46.5 Å². The molecule has 0 unspecified atom stereocenters. The normalized spacial score (nSPS) is 14.4. The van der Waals surface area contributed by atoms with Crippen LogP contribution in [0.3, 0.4) is 0 Å². The zero-order valence-electron chi connectivity index (χ0n) is 23.5. The van der Waals surface area contributed by atoms with Gasteiger partial charge in [-0.15, -0.1) is 0 Å². The van der Waals surface area contributed by atoms with E-state index in [4.69, 9.17) is 9.15 Å². The molecule has 1 aliphatic rings. The molecule has 1 fully saturated rings. The molecule has 0 aliphatic heterocycles. The highest BCUT2D eigenvalue weighted by Crippen LogP contribution is 2.45. The third-order valence-electron chi connectivity index (χ3n) is 7.00. The molecule has 40 heavy (non-hydrogen) atoms. The molecular weight excluding hydrogens is 506 g/mol. The van der Waals surface area contributed by atoms with Crippen molar-refractivity contribution < 1.29 is 19.1 Å². The number of carbonyl (C=O) groups is 1. The van der Waals surface area contributed by atoms with Gasteiger partial charge in [-0.3, -0.25) is 0 Å². The largest absolute Gasteiger partial charge is 0.444 e. The Balaban J connectivity index is 1.57. The minimum absolute atomic E-state index is 0.0345. The first-order valence-electron chi connectivity index (χ1n) is 13.8. The van der Waals surface area contributed by atoms with Gasteiger partial charge in [0.15, 0.2) is 0 Å². The number of hydrogen-bond acceptors (Lipinski definition) is 8. The van der Waals surface area contributed by atoms with Gasteiger partial charge in [-0.1, -0.05) is 54.6 Å². The monoisotopic (exact) mass is 543 g/mol. The number of amides is 1. The zero-order chi connectivity index (χ0) is 28.3. The molecule has 1 saturated carbocycles. The molecule has 9 nitrogen and oxygen atoms in total. The number of fused-ring (bicyclic) bond motifs is 1. The molecule has 0 spiro atoms. The van der Waals surface area contributed by atoms with E-state index in [0.29, 0.717) is 36.3 Å². The van der Waals surface area contributed by atoms with Gasteiger partial charge in [0.05, 0.1) is 17.5 Å². The molecule has 0 bridgehead atoms. The zero-order valence-corrected chi connectivity index (χ0v) is 23.5. The van der Waals surface area contributed by atoms with Crippen molar-refractivity contribution in [3.05, 3.63) is 60.2 Å². The number of anilines is 2. The van der Waals surface area contributed by atoms with Crippen LogP contribution < -0.4 is 16.0 Å². The van der Waals surface area contributed by atoms with Crippen LogP contribution in [0.15, 0.2) is 59.0 Å². The highest BCUT2D eigenvalue weighted by Gasteiger charge is 2.41. The summed E-state index contributed by atoms with van der Waals surface area (Å²) in [6.45, 7) is 8.57. The van der Waals surface area contributed by atoms with E-state index in [-0.39, 0.29) is 6.61 Å². The topological polar surface area (TPSA) is 122 Å². The molecule has 5 rings (SSSR count). The summed E-state index contributed by atoms with van der Waals surface area (Å²) in [6, 6.07) is 18.2. The number of alkyl carbamates (subject to hydrolysis) is 1. The van der Waals surface area contributed by atoms with Crippen molar-refractivity contribution >= 4 is 29.0 Å². The SMILES string of the molecule is CCNc1nc(NCCO)nc2oc(-c3ccc(C4(NC(=O)OC(C)(C)C)CCC4)cc3)c(-c3ccccc3)c12. The molecule has 9 heteroatoms. The van der Waals surface area contributed by atoms with Crippen molar-refractivity contribution in [1.82, 2.24) is 15.3 Å². The van der Waals surface area contributed by atoms with Crippen LogP contribution in [0.25, 0.3) is 33.6 Å². The lowest BCUT2D eigenvalue weighted by Gasteiger charge is -2.43. The highest BCUT2D eigenvalue weighted by molar-refractivity contribution is 6.06. The van der Waals surface area contributed by atoms with E-state index in [0.717, 1.165) is 46.9 Å². The number of aromatic nitrogens is 2. The fourth-order valence-electron chi connectivity index (χ4n) is 5.08. The maximum Gasteiger partial charge on any atom is 0.408 e. The number of ether oxygens (including phenoxy) is 1. The summed E-state index contributed by atoms with van der Waals surface area (Å²) in [5.41, 5.74) is 3.27. The van der Waals surface area contributed by atoms with E-state index in [1.165, 1.54) is 0 Å². The van der Waals surface area contributed by atoms with Crippen LogP contribution in [0.4, 0.5) is 16.6 Å². The summed E-state index contributed by atoms with van der Waals surface area (Å²) in [5, 5.41) is 19.6. The summed E-state index contributed by atoms with van der Waals surface area (Å²) in [7, 11) is 0. The number of aliphatic hydroxyl groups excluding tert-OH is 1. The van der Waals surface area contributed by atoms with Crippen LogP contribution in [-0.2, 0) is 10.3 Å². The lowest BCUT2D eigenvalue weighted by Crippen LogP contribution is -2.52. The Morgan fingerprint density at radius 3 is 2.35 bits per heavy atom. The second-order valence-electron chi connectivity index (χ2n) is 11.1. The van der Waals surface area contributed by atoms with Gasteiger partial charge in [0.1, 0.15) is 17.2 Å². The maximum absolute atomic E-state index is 12.6. The summed E-state index contributed by atoms with van der Waals surface area (Å²) in [6.07, 6.45) is 2.35. The van der Waals surface area contributed by atoms with E-state index in [1.807, 2.05) is 70.2 Å². The van der Waals surface area contributed by atoms with E-state index in [9.17, 15) is 9.90 Å². The lowest BCUT2D eigenvalue weighted by molar-refractivity contribution is 0.0377. The van der Waals surface area contributed by atoms with Gasteiger partial charge in [0.2, 0.25) is 11.7 Å². The number of carbonyl (C=O) groups excluding carboxylic acids is 1. The average molecular weight is 544 g/mol. The fourth-order valence-corrected chi connectivity index (χ4v) is 5.08. The van der Waals surface area contributed by atoms with Crippen molar-refractivity contribution in [2.75, 3.05) is 30.3 Å². The molecular formula is C31H37N5O4. The lowest BCUT2D eigenvalue weighted by atomic mass is 9.71. The van der Waals surface area contributed by atoms with Gasteiger partial charge in [-0.25, -0.2) is 4.79 Å². The first kappa shape index (κ1) is 27.5. The molecule has 2 aromatic carbocycles. The first-order valence-corrected chi connectivity index (χ1v) is 13.8. The van der Waals surface area contributed by atoms with Gasteiger partial charge < -0.3 is 30.2 Å². The fraction of sp³-hybridized carbons (Fsp3) is 0.387. The quantitative estimate of drug-likeness (QED) is 0.194. The molecule has 0 atom stereocenters. The summed E-state index contributed by atoms with van der Waals surface area (Å²) in [5.74, 6) is 1.73. The van der Waals surface area contributed by atoms with Gasteiger partial charge in [-0.2, -0.15) is 9.97 Å². The second-order valence-corrected chi connectivity index (χ2v) is 11.1. The number of benzene rings is 2. The molecule has 210 valence electrons. The van der Waals surface area contributed by atoms with Crippen LogP contribution in [0.1, 0.15) is 52.5 Å². The van der Waals surface area contributed by atoms with E-state index in [2.05, 4.69) is 38.1 Å². The third kappa shape index (κ3) is 5.60. The molecule has 4 aromatic rings. The number of rotatable bonds is 9. The predicted octanol–water partition coefficient (Wildman–Crippen LogP) is 6.30. The highest BCUT2D eigenvalue weighted by atomic mass is 16.6. The maximum atomic E-state index is 12.6. The van der Waals surface area contributed by atoms with Crippen LogP contribution in [0.5, 0.6) is 0 Å². The second kappa shape index (κ2) is 11.2. The predicted molar refractivity (Wildman–Crippen MR) is 157 cm³/mol. The van der Waals surface area contributed by atoms with Gasteiger partial charge >= 0.3 is 6.09 Å². The molecule has 2 aromatic heterocycles. The molecule has 0 radical (unpaired) electrons. The number of aliphatic hydroxyl groups is 1. The number of nitrogens with one attached hydrogen (secondary N) is 3. The van der Waals surface area contributed by atoms with Gasteiger partial charge in [-0.05, 0) is 58.1 Å². The Bertz CT molecular complexity index is 1470. The standard InChI is InChI=1S/C31H37N5O4/c1-5-32-26-24-23(20-10-7-6-8-11-20)25(39-27(24)35-28(34-26)33-18-19-37)21-12-14-22(15-13-21)31(16-9-17-31)36-29(38)40-30(2,3)4/h6-8,10-15,37H,5,9,16-19H2,1-4H3,(H,36,38)(H2,32,33,34,35). The third-order valence-corrected chi connectivity index (χ3v) is 7.00. The molecule has 0 saturated heterocycles. The summed E-state index contributed by atoms with van der Waals surface area (Å²) < 4.78 is 12.0. The van der Waals surface area contributed by atoms with Crippen molar-refractivity contribution in [2.45, 2.75) is 58.1 Å². The van der Waals surface area contributed by atoms with E-state index in [1.54, 1.807) is 0 Å². The minimum Gasteiger partial charge on any atom is -0.444 e. The molecule has 1 amide bonds. The Hall–Kier alpha value is -4.11. The summed E-state index contributed by atoms with van der Waals surface area (Å²) >= 11 is 0. The van der Waals surface area contributed by atoms with Crippen molar-refractivity contribution in [1.29, 1.82) is 0 Å². The van der Waals surface area contributed by atoms with E-state index < -0.39 is 17.2 Å². The number of nitrogens with zero attached hydrogens (tertiary/aromatic N) is 2. The molecule has 2 heterocycles. The Labute approximate surface area is 234 Å². The Morgan fingerprint density at radius 2 is 1.75 bits per heavy atom. The first-order chi connectivity index (χ1) is 19.2. The average Bonchev–Trinajstić information content (AvgIpc) is 3.29. The Kier molecular flexibility index (Phi) is 7.67. The van der Waals surface area contributed by atoms with E-state index >= 15 is 0 Å². The van der Waals surface area contributed by atoms with Gasteiger partial charge in [0.25, 0.3) is 0 Å². The smallest absolute Gasteiger partial charge is 0.408 e. The van der Waals surface area contributed by atoms with Crippen molar-refractivity contribution in [2.24, 2.45) is 0 Å². The minimum atomic E-state index is -0.560. The molecule has 4 N–H and O–H groups in total. The number of furan rings is 1. The van der Waals surface area contributed by atoms with Crippen molar-refractivity contribution in [3.8, 4) is 22.5 Å².